The van der Waals surface area contributed by atoms with E-state index < -0.39 is 5.41 Å². The van der Waals surface area contributed by atoms with Crippen LogP contribution in [0.4, 0.5) is 5.69 Å². The Morgan fingerprint density at radius 3 is 2.43 bits per heavy atom. The van der Waals surface area contributed by atoms with Crippen LogP contribution in [0.1, 0.15) is 112 Å². The number of ether oxygens (including phenoxy) is 1. The summed E-state index contributed by atoms with van der Waals surface area (Å²) in [6, 6.07) is 7.68. The quantitative estimate of drug-likeness (QED) is 0.277. The van der Waals surface area contributed by atoms with Gasteiger partial charge in [0.1, 0.15) is 5.78 Å². The number of anilines is 1. The highest BCUT2D eigenvalue weighted by Gasteiger charge is 2.69. The molecular formula is C39H55NO4. The Morgan fingerprint density at radius 2 is 1.70 bits per heavy atom. The van der Waals surface area contributed by atoms with E-state index in [1.165, 1.54) is 5.57 Å². The second-order valence-corrected chi connectivity index (χ2v) is 16.9. The Labute approximate surface area is 265 Å². The maximum atomic E-state index is 14.2. The largest absolute Gasteiger partial charge is 0.455 e. The molecule has 44 heavy (non-hydrogen) atoms. The van der Waals surface area contributed by atoms with Crippen molar-refractivity contribution in [1.82, 2.24) is 0 Å². The van der Waals surface area contributed by atoms with Crippen LogP contribution in [-0.2, 0) is 19.1 Å². The van der Waals surface area contributed by atoms with Crippen LogP contribution in [0.25, 0.3) is 0 Å². The smallest absolute Gasteiger partial charge is 0.313 e. The van der Waals surface area contributed by atoms with Crippen LogP contribution in [-0.4, -0.2) is 24.3 Å². The molecule has 0 aliphatic heterocycles. The minimum absolute atomic E-state index is 0.00218. The third kappa shape index (κ3) is 4.41. The average molecular weight is 602 g/mol. The van der Waals surface area contributed by atoms with Gasteiger partial charge in [0.2, 0.25) is 0 Å². The number of rotatable bonds is 4. The summed E-state index contributed by atoms with van der Waals surface area (Å²) in [5.74, 6) is 1.94. The summed E-state index contributed by atoms with van der Waals surface area (Å²) in [5, 5.41) is 2.90. The van der Waals surface area contributed by atoms with E-state index >= 15 is 0 Å². The van der Waals surface area contributed by atoms with E-state index in [1.807, 2.05) is 31.2 Å². The standard InChI is InChI=1S/C39H55NO4/c1-24-10-9-11-27(22-24)40-32(42)23-44-34(43)39-19-14-25(2)26(3)33(39)28-12-13-30-36(6)17-16-31(41)35(4,5)29(36)15-18-38(30,8)37(28,7)20-21-39/h9-12,22,25-26,29-30,33H,13-21,23H2,1-8H3,(H,40,42)/t25-,26+,29+,30-,33+,36+,37-,38-,39+/m1/s1. The predicted molar refractivity (Wildman–Crippen MR) is 175 cm³/mol. The fraction of sp³-hybridized carbons (Fsp3) is 0.718. The molecule has 0 unspecified atom stereocenters. The normalized spacial score (nSPS) is 42.5. The number of hydrogen-bond donors (Lipinski definition) is 1. The van der Waals surface area contributed by atoms with Gasteiger partial charge in [-0.25, -0.2) is 0 Å². The highest BCUT2D eigenvalue weighted by molar-refractivity contribution is 5.93. The summed E-state index contributed by atoms with van der Waals surface area (Å²) in [7, 11) is 0. The fourth-order valence-corrected chi connectivity index (χ4v) is 11.8. The van der Waals surface area contributed by atoms with Gasteiger partial charge in [0.25, 0.3) is 5.91 Å². The van der Waals surface area contributed by atoms with Crippen LogP contribution in [0.3, 0.4) is 0 Å². The molecule has 1 aromatic rings. The molecule has 0 radical (unpaired) electrons. The third-order valence-corrected chi connectivity index (χ3v) is 14.8. The van der Waals surface area contributed by atoms with Crippen molar-refractivity contribution < 1.29 is 19.1 Å². The molecule has 5 heteroatoms. The molecular weight excluding hydrogens is 546 g/mol. The van der Waals surface area contributed by atoms with E-state index in [9.17, 15) is 14.4 Å². The first-order chi connectivity index (χ1) is 20.6. The number of esters is 1. The van der Waals surface area contributed by atoms with Gasteiger partial charge in [-0.1, -0.05) is 72.2 Å². The van der Waals surface area contributed by atoms with E-state index in [0.29, 0.717) is 35.9 Å². The number of fused-ring (bicyclic) bond motifs is 7. The minimum atomic E-state index is -0.579. The summed E-state index contributed by atoms with van der Waals surface area (Å²) >= 11 is 0. The summed E-state index contributed by atoms with van der Waals surface area (Å²) in [6.07, 6.45) is 11.1. The average Bonchev–Trinajstić information content (AvgIpc) is 2.96. The van der Waals surface area contributed by atoms with Gasteiger partial charge >= 0.3 is 5.97 Å². The van der Waals surface area contributed by atoms with Crippen molar-refractivity contribution in [1.29, 1.82) is 0 Å². The molecule has 0 spiro atoms. The Bertz CT molecular complexity index is 1390. The lowest BCUT2D eigenvalue weighted by molar-refractivity contribution is -0.192. The Morgan fingerprint density at radius 1 is 0.955 bits per heavy atom. The van der Waals surface area contributed by atoms with Gasteiger partial charge in [-0.05, 0) is 122 Å². The maximum Gasteiger partial charge on any atom is 0.313 e. The van der Waals surface area contributed by atoms with Crippen LogP contribution in [0.15, 0.2) is 35.9 Å². The number of allylic oxidation sites excluding steroid dienone is 2. The van der Waals surface area contributed by atoms with E-state index in [-0.39, 0.29) is 46.1 Å². The number of hydrogen-bond acceptors (Lipinski definition) is 4. The van der Waals surface area contributed by atoms with E-state index in [1.54, 1.807) is 0 Å². The number of amides is 1. The van der Waals surface area contributed by atoms with Gasteiger partial charge in [-0.2, -0.15) is 0 Å². The van der Waals surface area contributed by atoms with Gasteiger partial charge in [-0.3, -0.25) is 14.4 Å². The van der Waals surface area contributed by atoms with Crippen LogP contribution in [0.2, 0.25) is 0 Å². The topological polar surface area (TPSA) is 72.5 Å². The maximum absolute atomic E-state index is 14.2. The number of carbonyl (C=O) groups excluding carboxylic acids is 3. The first-order valence-corrected chi connectivity index (χ1v) is 17.4. The van der Waals surface area contributed by atoms with Crippen LogP contribution < -0.4 is 5.32 Å². The van der Waals surface area contributed by atoms with Crippen LogP contribution in [0, 0.1) is 63.6 Å². The minimum Gasteiger partial charge on any atom is -0.455 e. The van der Waals surface area contributed by atoms with Crippen molar-refractivity contribution in [2.24, 2.45) is 56.7 Å². The summed E-state index contributed by atoms with van der Waals surface area (Å²) in [5.41, 5.74) is 2.70. The molecule has 5 aliphatic rings. The van der Waals surface area contributed by atoms with Crippen molar-refractivity contribution in [2.75, 3.05) is 11.9 Å². The van der Waals surface area contributed by atoms with Gasteiger partial charge in [0.05, 0.1) is 5.41 Å². The number of aryl methyl sites for hydroxylation is 1. The second kappa shape index (κ2) is 10.6. The Kier molecular flexibility index (Phi) is 7.57. The molecule has 9 atom stereocenters. The van der Waals surface area contributed by atoms with Gasteiger partial charge in [0, 0.05) is 17.5 Å². The number of benzene rings is 1. The zero-order valence-corrected chi connectivity index (χ0v) is 28.5. The van der Waals surface area contributed by atoms with Crippen LogP contribution in [0.5, 0.6) is 0 Å². The molecule has 0 aromatic heterocycles. The van der Waals surface area contributed by atoms with E-state index in [4.69, 9.17) is 4.74 Å². The van der Waals surface area contributed by atoms with Crippen molar-refractivity contribution in [3.05, 3.63) is 41.5 Å². The molecule has 1 N–H and O–H groups in total. The SMILES string of the molecule is Cc1cccc(NC(=O)COC(=O)[C@]23CC[C@@H](C)[C@H](C)[C@H]2C2=CC[C@@H]4[C@@]5(C)CCC(=O)C(C)(C)[C@@H]5CC[C@@]4(C)[C@]2(C)CC3)c1. The number of ketones is 1. The summed E-state index contributed by atoms with van der Waals surface area (Å²) < 4.78 is 5.94. The van der Waals surface area contributed by atoms with Gasteiger partial charge in [0.15, 0.2) is 6.61 Å². The Hall–Kier alpha value is -2.43. The van der Waals surface area contributed by atoms with Crippen molar-refractivity contribution in [3.63, 3.8) is 0 Å². The highest BCUT2D eigenvalue weighted by atomic mass is 16.5. The lowest BCUT2D eigenvalue weighted by Gasteiger charge is -2.70. The lowest BCUT2D eigenvalue weighted by atomic mass is 9.33. The van der Waals surface area contributed by atoms with Gasteiger partial charge < -0.3 is 10.1 Å². The molecule has 0 heterocycles. The molecule has 5 aliphatic carbocycles. The first-order valence-electron chi connectivity index (χ1n) is 17.4. The zero-order valence-electron chi connectivity index (χ0n) is 28.5. The van der Waals surface area contributed by atoms with Crippen LogP contribution >= 0.6 is 0 Å². The molecule has 0 bridgehead atoms. The predicted octanol–water partition coefficient (Wildman–Crippen LogP) is 8.70. The Balaban J connectivity index is 1.30. The van der Waals surface area contributed by atoms with E-state index in [0.717, 1.165) is 62.6 Å². The molecule has 1 aromatic carbocycles. The second-order valence-electron chi connectivity index (χ2n) is 16.9. The van der Waals surface area contributed by atoms with Crippen molar-refractivity contribution in [3.8, 4) is 0 Å². The highest BCUT2D eigenvalue weighted by Crippen LogP contribution is 2.75. The molecule has 1 amide bonds. The number of nitrogens with one attached hydrogen (secondary N) is 1. The summed E-state index contributed by atoms with van der Waals surface area (Å²) in [4.78, 5) is 40.2. The molecule has 5 nitrogen and oxygen atoms in total. The monoisotopic (exact) mass is 601 g/mol. The molecule has 0 saturated heterocycles. The molecule has 240 valence electrons. The number of carbonyl (C=O) groups is 3. The first kappa shape index (κ1) is 31.5. The summed E-state index contributed by atoms with van der Waals surface area (Å²) in [6.45, 7) is 18.4. The number of Topliss-reactive ketones (excluding diaryl/α,β-unsaturated/α-hetero) is 1. The molecule has 6 rings (SSSR count). The zero-order chi connectivity index (χ0) is 31.9. The van der Waals surface area contributed by atoms with Crippen molar-refractivity contribution >= 4 is 23.3 Å². The van der Waals surface area contributed by atoms with Gasteiger partial charge in [-0.15, -0.1) is 0 Å². The third-order valence-electron chi connectivity index (χ3n) is 14.8. The van der Waals surface area contributed by atoms with Crippen molar-refractivity contribution in [2.45, 2.75) is 113 Å². The molecule has 4 fully saturated rings. The van der Waals surface area contributed by atoms with E-state index in [2.05, 4.69) is 59.9 Å². The fourth-order valence-electron chi connectivity index (χ4n) is 11.8. The lowest BCUT2D eigenvalue weighted by Crippen LogP contribution is -2.65. The molecule has 4 saturated carbocycles.